The van der Waals surface area contributed by atoms with Crippen molar-refractivity contribution in [1.82, 2.24) is 15.1 Å². The van der Waals surface area contributed by atoms with Crippen LogP contribution in [0.15, 0.2) is 24.3 Å². The summed E-state index contributed by atoms with van der Waals surface area (Å²) in [6.07, 6.45) is 1.02. The van der Waals surface area contributed by atoms with E-state index < -0.39 is 0 Å². The molecule has 1 aliphatic heterocycles. The van der Waals surface area contributed by atoms with E-state index in [0.29, 0.717) is 5.69 Å². The molecule has 1 aromatic carbocycles. The number of para-hydroxylation sites is 1. The van der Waals surface area contributed by atoms with Crippen molar-refractivity contribution in [3.63, 3.8) is 0 Å². The Morgan fingerprint density at radius 3 is 3.00 bits per heavy atom. The highest BCUT2D eigenvalue weighted by molar-refractivity contribution is 8.00. The van der Waals surface area contributed by atoms with Gasteiger partial charge in [-0.3, -0.25) is 9.89 Å². The Morgan fingerprint density at radius 2 is 2.15 bits per heavy atom. The lowest BCUT2D eigenvalue weighted by atomic mass is 10.1. The Kier molecular flexibility index (Phi) is 3.46. The highest BCUT2D eigenvalue weighted by Gasteiger charge is 2.28. The van der Waals surface area contributed by atoms with Crippen LogP contribution in [0, 0.1) is 0 Å². The van der Waals surface area contributed by atoms with Crippen LogP contribution in [0.25, 0.3) is 10.9 Å². The van der Waals surface area contributed by atoms with Crippen LogP contribution in [-0.2, 0) is 0 Å². The van der Waals surface area contributed by atoms with E-state index in [-0.39, 0.29) is 10.7 Å². The van der Waals surface area contributed by atoms with Crippen LogP contribution in [0.1, 0.15) is 30.8 Å². The average Bonchev–Trinajstić information content (AvgIpc) is 2.77. The van der Waals surface area contributed by atoms with Crippen molar-refractivity contribution in [3.05, 3.63) is 30.0 Å². The standard InChI is InChI=1S/C15H19N3OS/c1-15(2)7-8-18(9-10-20-15)14(19)13-11-5-3-4-6-12(11)16-17-13/h3-6H,7-10H2,1-2H3,(H,16,17). The van der Waals surface area contributed by atoms with Gasteiger partial charge < -0.3 is 4.90 Å². The number of carbonyl (C=O) groups is 1. The van der Waals surface area contributed by atoms with Crippen molar-refractivity contribution in [1.29, 1.82) is 0 Å². The average molecular weight is 289 g/mol. The number of H-pyrrole nitrogens is 1. The third kappa shape index (κ3) is 2.54. The van der Waals surface area contributed by atoms with E-state index in [2.05, 4.69) is 24.0 Å². The molecule has 0 radical (unpaired) electrons. The molecule has 1 saturated heterocycles. The van der Waals surface area contributed by atoms with Gasteiger partial charge in [0, 0.05) is 29.0 Å². The molecule has 3 rings (SSSR count). The molecule has 4 nitrogen and oxygen atoms in total. The fourth-order valence-electron chi connectivity index (χ4n) is 2.50. The maximum Gasteiger partial charge on any atom is 0.275 e. The Morgan fingerprint density at radius 1 is 1.35 bits per heavy atom. The number of carbonyl (C=O) groups excluding carboxylic acids is 1. The first-order chi connectivity index (χ1) is 9.57. The van der Waals surface area contributed by atoms with Crippen LogP contribution in [0.3, 0.4) is 0 Å². The fraction of sp³-hybridized carbons (Fsp3) is 0.467. The smallest absolute Gasteiger partial charge is 0.275 e. The Bertz CT molecular complexity index is 635. The minimum Gasteiger partial charge on any atom is -0.336 e. The summed E-state index contributed by atoms with van der Waals surface area (Å²) in [6.45, 7) is 6.10. The van der Waals surface area contributed by atoms with Gasteiger partial charge in [0.25, 0.3) is 5.91 Å². The van der Waals surface area contributed by atoms with Gasteiger partial charge in [-0.05, 0) is 12.5 Å². The molecule has 1 fully saturated rings. The molecule has 0 aliphatic carbocycles. The van der Waals surface area contributed by atoms with Crippen LogP contribution in [0.5, 0.6) is 0 Å². The first kappa shape index (κ1) is 13.5. The van der Waals surface area contributed by atoms with E-state index >= 15 is 0 Å². The monoisotopic (exact) mass is 289 g/mol. The summed E-state index contributed by atoms with van der Waals surface area (Å²) in [6, 6.07) is 7.78. The largest absolute Gasteiger partial charge is 0.336 e. The second kappa shape index (κ2) is 5.13. The zero-order valence-corrected chi connectivity index (χ0v) is 12.7. The third-order valence-corrected chi connectivity index (χ3v) is 5.17. The number of thioether (sulfide) groups is 1. The molecule has 0 bridgehead atoms. The van der Waals surface area contributed by atoms with Crippen molar-refractivity contribution < 1.29 is 4.79 Å². The summed E-state index contributed by atoms with van der Waals surface area (Å²) in [7, 11) is 0. The number of aromatic nitrogens is 2. The maximum atomic E-state index is 12.7. The van der Waals surface area contributed by atoms with E-state index in [9.17, 15) is 4.79 Å². The molecule has 2 aromatic rings. The van der Waals surface area contributed by atoms with Gasteiger partial charge in [0.05, 0.1) is 5.52 Å². The first-order valence-corrected chi connectivity index (χ1v) is 7.92. The van der Waals surface area contributed by atoms with Gasteiger partial charge in [-0.15, -0.1) is 0 Å². The number of fused-ring (bicyclic) bond motifs is 1. The second-order valence-electron chi connectivity index (χ2n) is 5.77. The van der Waals surface area contributed by atoms with E-state index in [0.717, 1.165) is 36.2 Å². The summed E-state index contributed by atoms with van der Waals surface area (Å²) < 4.78 is 0.253. The van der Waals surface area contributed by atoms with E-state index in [1.165, 1.54) is 0 Å². The van der Waals surface area contributed by atoms with Gasteiger partial charge in [0.15, 0.2) is 5.69 Å². The normalized spacial score (nSPS) is 19.0. The molecule has 5 heteroatoms. The van der Waals surface area contributed by atoms with Crippen LogP contribution >= 0.6 is 11.8 Å². The van der Waals surface area contributed by atoms with Gasteiger partial charge in [-0.25, -0.2) is 0 Å². The van der Waals surface area contributed by atoms with Crippen LogP contribution in [0.4, 0.5) is 0 Å². The predicted molar refractivity (Wildman–Crippen MR) is 83.2 cm³/mol. The Labute approximate surface area is 122 Å². The van der Waals surface area contributed by atoms with Crippen molar-refractivity contribution in [2.45, 2.75) is 25.0 Å². The van der Waals surface area contributed by atoms with Crippen molar-refractivity contribution in [3.8, 4) is 0 Å². The molecule has 106 valence electrons. The number of amides is 1. The van der Waals surface area contributed by atoms with Crippen molar-refractivity contribution >= 4 is 28.6 Å². The summed E-state index contributed by atoms with van der Waals surface area (Å²) >= 11 is 1.94. The lowest BCUT2D eigenvalue weighted by Crippen LogP contribution is -2.34. The van der Waals surface area contributed by atoms with Gasteiger partial charge in [-0.2, -0.15) is 16.9 Å². The van der Waals surface area contributed by atoms with Gasteiger partial charge in [0.2, 0.25) is 0 Å². The van der Waals surface area contributed by atoms with Gasteiger partial charge >= 0.3 is 0 Å². The molecule has 1 amide bonds. The number of hydrogen-bond donors (Lipinski definition) is 1. The van der Waals surface area contributed by atoms with Crippen molar-refractivity contribution in [2.75, 3.05) is 18.8 Å². The number of hydrogen-bond acceptors (Lipinski definition) is 3. The van der Waals surface area contributed by atoms with Gasteiger partial charge in [0.1, 0.15) is 0 Å². The molecule has 0 unspecified atom stereocenters. The number of nitrogens with one attached hydrogen (secondary N) is 1. The summed E-state index contributed by atoms with van der Waals surface area (Å²) in [5.41, 5.74) is 1.46. The fourth-order valence-corrected chi connectivity index (χ4v) is 3.60. The summed E-state index contributed by atoms with van der Waals surface area (Å²) in [5.74, 6) is 1.03. The molecule has 0 atom stereocenters. The molecular weight excluding hydrogens is 270 g/mol. The summed E-state index contributed by atoms with van der Waals surface area (Å²) in [5, 5.41) is 8.06. The second-order valence-corrected chi connectivity index (χ2v) is 7.57. The van der Waals surface area contributed by atoms with E-state index in [1.54, 1.807) is 0 Å². The highest BCUT2D eigenvalue weighted by Crippen LogP contribution is 2.31. The lowest BCUT2D eigenvalue weighted by Gasteiger charge is -2.22. The summed E-state index contributed by atoms with van der Waals surface area (Å²) in [4.78, 5) is 14.6. The molecular formula is C15H19N3OS. The topological polar surface area (TPSA) is 49.0 Å². The molecule has 0 spiro atoms. The predicted octanol–water partition coefficient (Wildman–Crippen LogP) is 2.92. The quantitative estimate of drug-likeness (QED) is 0.878. The zero-order valence-electron chi connectivity index (χ0n) is 11.8. The van der Waals surface area contributed by atoms with Crippen molar-refractivity contribution in [2.24, 2.45) is 0 Å². The first-order valence-electron chi connectivity index (χ1n) is 6.93. The molecule has 1 N–H and O–H groups in total. The van der Waals surface area contributed by atoms with E-state index in [1.807, 2.05) is 40.9 Å². The highest BCUT2D eigenvalue weighted by atomic mass is 32.2. The molecule has 20 heavy (non-hydrogen) atoms. The van der Waals surface area contributed by atoms with E-state index in [4.69, 9.17) is 0 Å². The van der Waals surface area contributed by atoms with Gasteiger partial charge in [-0.1, -0.05) is 32.0 Å². The SMILES string of the molecule is CC1(C)CCN(C(=O)c2n[nH]c3ccccc23)CCS1. The number of nitrogens with zero attached hydrogens (tertiary/aromatic N) is 2. The van der Waals surface area contributed by atoms with Crippen LogP contribution in [0.2, 0.25) is 0 Å². The zero-order chi connectivity index (χ0) is 14.2. The lowest BCUT2D eigenvalue weighted by molar-refractivity contribution is 0.0760. The minimum atomic E-state index is 0.0424. The maximum absolute atomic E-state index is 12.7. The third-order valence-electron chi connectivity index (χ3n) is 3.80. The van der Waals surface area contributed by atoms with Crippen LogP contribution < -0.4 is 0 Å². The molecule has 0 saturated carbocycles. The molecule has 1 aromatic heterocycles. The number of rotatable bonds is 1. The Hall–Kier alpha value is -1.49. The Balaban J connectivity index is 1.85. The van der Waals surface area contributed by atoms with Crippen LogP contribution in [-0.4, -0.2) is 44.6 Å². The minimum absolute atomic E-state index is 0.0424. The molecule has 2 heterocycles. The number of aromatic amines is 1. The molecule has 1 aliphatic rings. The number of benzene rings is 1.